The largest absolute Gasteiger partial charge is 0.394 e. The van der Waals surface area contributed by atoms with Gasteiger partial charge in [-0.2, -0.15) is 0 Å². The van der Waals surface area contributed by atoms with Crippen LogP contribution in [-0.4, -0.2) is 23.3 Å². The highest BCUT2D eigenvalue weighted by molar-refractivity contribution is 5.04. The highest BCUT2D eigenvalue weighted by atomic mass is 16.3. The first kappa shape index (κ1) is 14.3. The lowest BCUT2D eigenvalue weighted by atomic mass is 9.63. The molecule has 2 nitrogen and oxygen atoms in total. The minimum atomic E-state index is -0.0275. The summed E-state index contributed by atoms with van der Waals surface area (Å²) in [5, 5.41) is 13.9. The maximum absolute atomic E-state index is 10.0. The summed E-state index contributed by atoms with van der Waals surface area (Å²) in [6.07, 6.45) is 13.1. The number of aliphatic hydroxyl groups excluding tert-OH is 1. The molecule has 0 aliphatic heterocycles. The van der Waals surface area contributed by atoms with Crippen LogP contribution in [0.25, 0.3) is 0 Å². The number of aliphatic hydroxyl groups is 1. The van der Waals surface area contributed by atoms with E-state index in [9.17, 15) is 5.11 Å². The Labute approximate surface area is 113 Å². The minimum absolute atomic E-state index is 0.0275. The molecule has 2 saturated carbocycles. The third kappa shape index (κ3) is 2.91. The molecule has 0 aromatic carbocycles. The van der Waals surface area contributed by atoms with E-state index in [-0.39, 0.29) is 11.0 Å². The van der Waals surface area contributed by atoms with Gasteiger partial charge in [0.1, 0.15) is 0 Å². The van der Waals surface area contributed by atoms with Gasteiger partial charge in [0.2, 0.25) is 0 Å². The van der Waals surface area contributed by atoms with Gasteiger partial charge in [0, 0.05) is 11.6 Å². The minimum Gasteiger partial charge on any atom is -0.394 e. The Morgan fingerprint density at radius 3 is 2.11 bits per heavy atom. The van der Waals surface area contributed by atoms with Crippen LogP contribution >= 0.6 is 0 Å². The molecule has 2 aliphatic rings. The third-order valence-electron chi connectivity index (χ3n) is 5.56. The fraction of sp³-hybridized carbons (Fsp3) is 1.00. The molecule has 0 heterocycles. The van der Waals surface area contributed by atoms with Gasteiger partial charge in [0.15, 0.2) is 0 Å². The molecule has 0 radical (unpaired) electrons. The zero-order chi connectivity index (χ0) is 13.1. The van der Waals surface area contributed by atoms with Gasteiger partial charge < -0.3 is 10.4 Å². The zero-order valence-corrected chi connectivity index (χ0v) is 12.3. The Morgan fingerprint density at radius 1 is 0.944 bits per heavy atom. The van der Waals surface area contributed by atoms with Crippen molar-refractivity contribution in [2.45, 2.75) is 89.6 Å². The summed E-state index contributed by atoms with van der Waals surface area (Å²) < 4.78 is 0. The van der Waals surface area contributed by atoms with Crippen LogP contribution < -0.4 is 5.32 Å². The van der Waals surface area contributed by atoms with Crippen LogP contribution in [0.2, 0.25) is 0 Å². The van der Waals surface area contributed by atoms with E-state index in [0.29, 0.717) is 12.6 Å². The van der Waals surface area contributed by atoms with E-state index < -0.39 is 0 Å². The Bertz CT molecular complexity index is 256. The van der Waals surface area contributed by atoms with E-state index in [2.05, 4.69) is 19.2 Å². The molecule has 2 heteroatoms. The summed E-state index contributed by atoms with van der Waals surface area (Å²) in [5.74, 6) is 0. The molecule has 18 heavy (non-hydrogen) atoms. The van der Waals surface area contributed by atoms with Gasteiger partial charge >= 0.3 is 0 Å². The molecule has 0 saturated heterocycles. The highest BCUT2D eigenvalue weighted by Gasteiger charge is 2.46. The van der Waals surface area contributed by atoms with Crippen molar-refractivity contribution in [1.82, 2.24) is 5.32 Å². The van der Waals surface area contributed by atoms with Crippen molar-refractivity contribution in [3.63, 3.8) is 0 Å². The van der Waals surface area contributed by atoms with Gasteiger partial charge in [-0.05, 0) is 31.1 Å². The number of hydrogen-bond acceptors (Lipinski definition) is 2. The summed E-state index contributed by atoms with van der Waals surface area (Å²) in [6, 6.07) is 0.636. The Balaban J connectivity index is 2.06. The molecule has 0 spiro atoms. The predicted octanol–water partition coefficient (Wildman–Crippen LogP) is 3.63. The first-order valence-electron chi connectivity index (χ1n) is 7.98. The van der Waals surface area contributed by atoms with Crippen LogP contribution in [0.15, 0.2) is 0 Å². The van der Waals surface area contributed by atoms with Gasteiger partial charge in [-0.25, -0.2) is 0 Å². The van der Waals surface area contributed by atoms with Crippen molar-refractivity contribution < 1.29 is 5.11 Å². The number of nitrogens with one attached hydrogen (secondary N) is 1. The lowest BCUT2D eigenvalue weighted by molar-refractivity contribution is 0.000519. The molecule has 1 atom stereocenters. The maximum Gasteiger partial charge on any atom is 0.0618 e. The topological polar surface area (TPSA) is 32.3 Å². The fourth-order valence-corrected chi connectivity index (χ4v) is 3.99. The molecular formula is C16H31NO. The quantitative estimate of drug-likeness (QED) is 0.753. The van der Waals surface area contributed by atoms with Crippen LogP contribution in [0.1, 0.15) is 78.1 Å². The summed E-state index contributed by atoms with van der Waals surface area (Å²) in [4.78, 5) is 0. The maximum atomic E-state index is 10.0. The monoisotopic (exact) mass is 253 g/mol. The van der Waals surface area contributed by atoms with Crippen molar-refractivity contribution >= 4 is 0 Å². The molecular weight excluding hydrogens is 222 g/mol. The molecule has 2 fully saturated rings. The van der Waals surface area contributed by atoms with E-state index in [4.69, 9.17) is 0 Å². The summed E-state index contributed by atoms with van der Waals surface area (Å²) in [7, 11) is 0. The molecule has 2 aliphatic carbocycles. The van der Waals surface area contributed by atoms with Crippen molar-refractivity contribution in [3.05, 3.63) is 0 Å². The molecule has 2 rings (SSSR count). The van der Waals surface area contributed by atoms with Crippen molar-refractivity contribution in [3.8, 4) is 0 Å². The SMILES string of the molecule is CC1(C)CCCCC1(CO)NC1CCCCCC1. The van der Waals surface area contributed by atoms with Crippen LogP contribution in [0, 0.1) is 5.41 Å². The summed E-state index contributed by atoms with van der Waals surface area (Å²) >= 11 is 0. The molecule has 0 amide bonds. The first-order chi connectivity index (χ1) is 8.60. The zero-order valence-electron chi connectivity index (χ0n) is 12.3. The third-order valence-corrected chi connectivity index (χ3v) is 5.56. The highest BCUT2D eigenvalue weighted by Crippen LogP contribution is 2.44. The number of hydrogen-bond donors (Lipinski definition) is 2. The lowest BCUT2D eigenvalue weighted by Crippen LogP contribution is -2.62. The molecule has 0 bridgehead atoms. The van der Waals surface area contributed by atoms with E-state index in [1.807, 2.05) is 0 Å². The van der Waals surface area contributed by atoms with E-state index in [1.165, 1.54) is 57.8 Å². The van der Waals surface area contributed by atoms with Gasteiger partial charge in [-0.1, -0.05) is 52.4 Å². The van der Waals surface area contributed by atoms with Crippen LogP contribution in [0.3, 0.4) is 0 Å². The second-order valence-electron chi connectivity index (χ2n) is 7.16. The Kier molecular flexibility index (Phi) is 4.71. The summed E-state index contributed by atoms with van der Waals surface area (Å²) in [6.45, 7) is 4.98. The average molecular weight is 253 g/mol. The molecule has 106 valence electrons. The fourth-order valence-electron chi connectivity index (χ4n) is 3.99. The van der Waals surface area contributed by atoms with E-state index in [1.54, 1.807) is 0 Å². The van der Waals surface area contributed by atoms with Crippen molar-refractivity contribution in [1.29, 1.82) is 0 Å². The van der Waals surface area contributed by atoms with Crippen LogP contribution in [0.5, 0.6) is 0 Å². The van der Waals surface area contributed by atoms with Gasteiger partial charge in [0.25, 0.3) is 0 Å². The van der Waals surface area contributed by atoms with Gasteiger partial charge in [0.05, 0.1) is 6.61 Å². The van der Waals surface area contributed by atoms with Gasteiger partial charge in [-0.3, -0.25) is 0 Å². The standard InChI is InChI=1S/C16H31NO/c1-15(2)11-7-8-12-16(15,13-18)17-14-9-5-3-4-6-10-14/h14,17-18H,3-13H2,1-2H3. The summed E-state index contributed by atoms with van der Waals surface area (Å²) in [5.41, 5.74) is 0.201. The van der Waals surface area contributed by atoms with E-state index in [0.717, 1.165) is 6.42 Å². The van der Waals surface area contributed by atoms with Crippen molar-refractivity contribution in [2.75, 3.05) is 6.61 Å². The Morgan fingerprint density at radius 2 is 1.56 bits per heavy atom. The van der Waals surface area contributed by atoms with Crippen LogP contribution in [0.4, 0.5) is 0 Å². The average Bonchev–Trinajstić information content (AvgIpc) is 2.60. The second-order valence-corrected chi connectivity index (χ2v) is 7.16. The van der Waals surface area contributed by atoms with Crippen molar-refractivity contribution in [2.24, 2.45) is 5.41 Å². The lowest BCUT2D eigenvalue weighted by Gasteiger charge is -2.51. The first-order valence-corrected chi connectivity index (χ1v) is 7.98. The number of rotatable bonds is 3. The molecule has 0 aromatic rings. The van der Waals surface area contributed by atoms with Crippen LogP contribution in [-0.2, 0) is 0 Å². The van der Waals surface area contributed by atoms with E-state index >= 15 is 0 Å². The normalized spacial score (nSPS) is 34.2. The smallest absolute Gasteiger partial charge is 0.0618 e. The predicted molar refractivity (Wildman–Crippen MR) is 76.7 cm³/mol. The molecule has 1 unspecified atom stereocenters. The molecule has 0 aromatic heterocycles. The Hall–Kier alpha value is -0.0800. The second kappa shape index (κ2) is 5.92. The van der Waals surface area contributed by atoms with Gasteiger partial charge in [-0.15, -0.1) is 0 Å². The molecule has 2 N–H and O–H groups in total.